The van der Waals surface area contributed by atoms with Gasteiger partial charge in [0, 0.05) is 37.9 Å². The normalized spacial score (nSPS) is 16.9. The smallest absolute Gasteiger partial charge is 0.241 e. The summed E-state index contributed by atoms with van der Waals surface area (Å²) in [6.07, 6.45) is 0. The fourth-order valence-electron chi connectivity index (χ4n) is 3.36. The lowest BCUT2D eigenvalue weighted by molar-refractivity contribution is -0.121. The molecule has 0 aromatic heterocycles. The summed E-state index contributed by atoms with van der Waals surface area (Å²) >= 11 is 0. The molecular formula is C21H27N3O4S. The fraction of sp³-hybridized carbons (Fsp3) is 0.381. The monoisotopic (exact) mass is 417 g/mol. The van der Waals surface area contributed by atoms with Crippen molar-refractivity contribution in [2.45, 2.75) is 18.7 Å². The zero-order valence-corrected chi connectivity index (χ0v) is 17.6. The van der Waals surface area contributed by atoms with Crippen LogP contribution in [0.2, 0.25) is 0 Å². The maximum Gasteiger partial charge on any atom is 0.241 e. The first-order valence-corrected chi connectivity index (χ1v) is 11.2. The molecule has 29 heavy (non-hydrogen) atoms. The zero-order valence-electron chi connectivity index (χ0n) is 16.7. The first kappa shape index (κ1) is 21.3. The van der Waals surface area contributed by atoms with Crippen molar-refractivity contribution in [1.29, 1.82) is 0 Å². The third-order valence-electron chi connectivity index (χ3n) is 5.12. The number of anilines is 1. The van der Waals surface area contributed by atoms with Gasteiger partial charge in [-0.1, -0.05) is 36.4 Å². The minimum Gasteiger partial charge on any atom is -0.497 e. The molecule has 2 aromatic rings. The average molecular weight is 418 g/mol. The van der Waals surface area contributed by atoms with Gasteiger partial charge in [0.1, 0.15) is 5.75 Å². The summed E-state index contributed by atoms with van der Waals surface area (Å²) in [4.78, 5) is 14.6. The first-order chi connectivity index (χ1) is 13.9. The van der Waals surface area contributed by atoms with Crippen LogP contribution in [0.5, 0.6) is 5.75 Å². The third-order valence-corrected chi connectivity index (χ3v) is 6.97. The molecule has 1 atom stereocenters. The number of amides is 1. The second kappa shape index (κ2) is 9.39. The molecule has 7 nitrogen and oxygen atoms in total. The maximum absolute atomic E-state index is 12.7. The number of ether oxygens (including phenoxy) is 1. The number of hydrogen-bond acceptors (Lipinski definition) is 5. The summed E-state index contributed by atoms with van der Waals surface area (Å²) in [5.74, 6) is 0.547. The Morgan fingerprint density at radius 3 is 2.41 bits per heavy atom. The van der Waals surface area contributed by atoms with Gasteiger partial charge in [0.15, 0.2) is 0 Å². The van der Waals surface area contributed by atoms with Gasteiger partial charge >= 0.3 is 0 Å². The summed E-state index contributed by atoms with van der Waals surface area (Å²) in [6, 6.07) is 16.0. The fourth-order valence-corrected chi connectivity index (χ4v) is 4.87. The van der Waals surface area contributed by atoms with Gasteiger partial charge in [0.2, 0.25) is 15.9 Å². The molecule has 1 amide bonds. The molecule has 1 fully saturated rings. The van der Waals surface area contributed by atoms with Crippen molar-refractivity contribution in [3.63, 3.8) is 0 Å². The van der Waals surface area contributed by atoms with Gasteiger partial charge in [0.25, 0.3) is 0 Å². The van der Waals surface area contributed by atoms with Crippen LogP contribution in [0.4, 0.5) is 5.69 Å². The van der Waals surface area contributed by atoms with E-state index in [1.54, 1.807) is 19.2 Å². The molecule has 1 aliphatic heterocycles. The topological polar surface area (TPSA) is 79.0 Å². The molecular weight excluding hydrogens is 390 g/mol. The molecule has 1 saturated heterocycles. The molecule has 1 heterocycles. The number of nitrogens with one attached hydrogen (secondary N) is 1. The predicted molar refractivity (Wildman–Crippen MR) is 113 cm³/mol. The summed E-state index contributed by atoms with van der Waals surface area (Å²) < 4.78 is 32.1. The number of methoxy groups -OCH3 is 1. The Balaban J connectivity index is 1.54. The Kier molecular flexibility index (Phi) is 6.89. The van der Waals surface area contributed by atoms with Crippen molar-refractivity contribution in [1.82, 2.24) is 9.21 Å². The number of hydrogen-bond donors (Lipinski definition) is 1. The molecule has 156 valence electrons. The number of nitrogens with zero attached hydrogens (tertiary/aromatic N) is 2. The van der Waals surface area contributed by atoms with E-state index < -0.39 is 10.0 Å². The van der Waals surface area contributed by atoms with Crippen LogP contribution in [-0.2, 0) is 20.6 Å². The Morgan fingerprint density at radius 2 is 1.76 bits per heavy atom. The lowest BCUT2D eigenvalue weighted by Gasteiger charge is -2.36. The van der Waals surface area contributed by atoms with Crippen LogP contribution >= 0.6 is 0 Å². The molecule has 1 N–H and O–H groups in total. The SMILES string of the molecule is COc1cccc(NC(=O)C(C)N2CCN(S(=O)(=O)Cc3ccccc3)CC2)c1. The highest BCUT2D eigenvalue weighted by Gasteiger charge is 2.30. The van der Waals surface area contributed by atoms with Gasteiger partial charge in [0.05, 0.1) is 18.9 Å². The van der Waals surface area contributed by atoms with Crippen molar-refractivity contribution in [2.24, 2.45) is 0 Å². The summed E-state index contributed by atoms with van der Waals surface area (Å²) in [7, 11) is -1.79. The van der Waals surface area contributed by atoms with Crippen molar-refractivity contribution in [3.05, 3.63) is 60.2 Å². The van der Waals surface area contributed by atoms with Crippen molar-refractivity contribution < 1.29 is 17.9 Å². The number of carbonyl (C=O) groups is 1. The Bertz CT molecular complexity index is 926. The Hall–Kier alpha value is -2.42. The Labute approximate surface area is 172 Å². The van der Waals surface area contributed by atoms with Gasteiger partial charge < -0.3 is 10.1 Å². The molecule has 0 saturated carbocycles. The van der Waals surface area contributed by atoms with Crippen LogP contribution in [0.25, 0.3) is 0 Å². The van der Waals surface area contributed by atoms with E-state index in [2.05, 4.69) is 5.32 Å². The molecule has 1 unspecified atom stereocenters. The molecule has 2 aromatic carbocycles. The van der Waals surface area contributed by atoms with Gasteiger partial charge in [-0.15, -0.1) is 0 Å². The second-order valence-electron chi connectivity index (χ2n) is 7.07. The molecule has 8 heteroatoms. The first-order valence-electron chi connectivity index (χ1n) is 9.60. The molecule has 0 radical (unpaired) electrons. The van der Waals surface area contributed by atoms with Gasteiger partial charge in [-0.05, 0) is 24.6 Å². The molecule has 0 aliphatic carbocycles. The highest BCUT2D eigenvalue weighted by atomic mass is 32.2. The van der Waals surface area contributed by atoms with Crippen LogP contribution in [-0.4, -0.2) is 62.9 Å². The lowest BCUT2D eigenvalue weighted by Crippen LogP contribution is -2.54. The van der Waals surface area contributed by atoms with Crippen LogP contribution in [0.3, 0.4) is 0 Å². The van der Waals surface area contributed by atoms with Gasteiger partial charge in [-0.2, -0.15) is 4.31 Å². The molecule has 0 spiro atoms. The van der Waals surface area contributed by atoms with Crippen LogP contribution in [0, 0.1) is 0 Å². The van der Waals surface area contributed by atoms with E-state index in [0.717, 1.165) is 5.56 Å². The van der Waals surface area contributed by atoms with E-state index in [9.17, 15) is 13.2 Å². The van der Waals surface area contributed by atoms with Gasteiger partial charge in [-0.3, -0.25) is 9.69 Å². The van der Waals surface area contributed by atoms with Crippen molar-refractivity contribution >= 4 is 21.6 Å². The van der Waals surface area contributed by atoms with E-state index >= 15 is 0 Å². The van der Waals surface area contributed by atoms with E-state index in [0.29, 0.717) is 37.6 Å². The van der Waals surface area contributed by atoms with Gasteiger partial charge in [-0.25, -0.2) is 8.42 Å². The number of rotatable bonds is 7. The summed E-state index contributed by atoms with van der Waals surface area (Å²) in [5.41, 5.74) is 1.45. The van der Waals surface area contributed by atoms with E-state index in [4.69, 9.17) is 4.74 Å². The van der Waals surface area contributed by atoms with Crippen LogP contribution in [0.15, 0.2) is 54.6 Å². The minimum absolute atomic E-state index is 0.000278. The lowest BCUT2D eigenvalue weighted by atomic mass is 10.2. The highest BCUT2D eigenvalue weighted by Crippen LogP contribution is 2.18. The number of piperazine rings is 1. The molecule has 3 rings (SSSR count). The summed E-state index contributed by atoms with van der Waals surface area (Å²) in [6.45, 7) is 3.63. The van der Waals surface area contributed by atoms with E-state index in [1.165, 1.54) is 4.31 Å². The largest absolute Gasteiger partial charge is 0.497 e. The summed E-state index contributed by atoms with van der Waals surface area (Å²) in [5, 5.41) is 2.90. The number of benzene rings is 2. The highest BCUT2D eigenvalue weighted by molar-refractivity contribution is 7.88. The van der Waals surface area contributed by atoms with Crippen molar-refractivity contribution in [2.75, 3.05) is 38.6 Å². The third kappa shape index (κ3) is 5.56. The predicted octanol–water partition coefficient (Wildman–Crippen LogP) is 2.17. The van der Waals surface area contributed by atoms with Crippen LogP contribution in [0.1, 0.15) is 12.5 Å². The number of carbonyl (C=O) groups excluding carboxylic acids is 1. The minimum atomic E-state index is -3.37. The second-order valence-corrected chi connectivity index (χ2v) is 9.04. The maximum atomic E-state index is 12.7. The Morgan fingerprint density at radius 1 is 1.07 bits per heavy atom. The average Bonchev–Trinajstić information content (AvgIpc) is 2.74. The molecule has 0 bridgehead atoms. The molecule has 1 aliphatic rings. The van der Waals surface area contributed by atoms with E-state index in [-0.39, 0.29) is 17.7 Å². The zero-order chi connectivity index (χ0) is 20.9. The number of sulfonamides is 1. The van der Waals surface area contributed by atoms with Crippen LogP contribution < -0.4 is 10.1 Å². The van der Waals surface area contributed by atoms with Crippen molar-refractivity contribution in [3.8, 4) is 5.75 Å². The van der Waals surface area contributed by atoms with E-state index in [1.807, 2.05) is 54.3 Å². The standard InChI is InChI=1S/C21H27N3O4S/c1-17(21(25)22-19-9-6-10-20(15-19)28-2)23-11-13-24(14-12-23)29(26,27)16-18-7-4-3-5-8-18/h3-10,15,17H,11-14,16H2,1-2H3,(H,22,25). The quantitative estimate of drug-likeness (QED) is 0.747.